The van der Waals surface area contributed by atoms with Crippen molar-refractivity contribution in [3.05, 3.63) is 53.9 Å². The molecule has 1 aromatic heterocycles. The molecule has 1 amide bonds. The highest BCUT2D eigenvalue weighted by molar-refractivity contribution is 5.86. The number of amides is 1. The van der Waals surface area contributed by atoms with E-state index in [9.17, 15) is 9.59 Å². The van der Waals surface area contributed by atoms with Crippen LogP contribution in [0.25, 0.3) is 0 Å². The number of carbonyl (C=O) groups excluding carboxylic acids is 2. The fourth-order valence-electron chi connectivity index (χ4n) is 2.06. The van der Waals surface area contributed by atoms with Gasteiger partial charge >= 0.3 is 12.1 Å². The Morgan fingerprint density at radius 1 is 1.12 bits per heavy atom. The van der Waals surface area contributed by atoms with Crippen molar-refractivity contribution >= 4 is 12.1 Å². The van der Waals surface area contributed by atoms with Gasteiger partial charge in [-0.2, -0.15) is 5.10 Å². The van der Waals surface area contributed by atoms with Gasteiger partial charge in [0.2, 0.25) is 0 Å². The molecule has 2 rings (SSSR count). The summed E-state index contributed by atoms with van der Waals surface area (Å²) in [5.41, 5.74) is 1.20. The van der Waals surface area contributed by atoms with Gasteiger partial charge in [0, 0.05) is 12.7 Å². The molecule has 0 saturated carbocycles. The van der Waals surface area contributed by atoms with Crippen LogP contribution in [-0.2, 0) is 27.4 Å². The van der Waals surface area contributed by atoms with Crippen molar-refractivity contribution in [1.29, 1.82) is 0 Å². The zero-order chi connectivity index (χ0) is 18.6. The van der Waals surface area contributed by atoms with Crippen LogP contribution in [0.5, 0.6) is 0 Å². The maximum atomic E-state index is 11.5. The summed E-state index contributed by atoms with van der Waals surface area (Å²) in [6.07, 6.45) is 1.21. The van der Waals surface area contributed by atoms with Gasteiger partial charge in [0.1, 0.15) is 6.61 Å². The number of hydrogen-bond acceptors (Lipinski definition) is 6. The number of nitrogens with zero attached hydrogens (tertiary/aromatic N) is 2. The number of esters is 1. The molecule has 0 aliphatic heterocycles. The van der Waals surface area contributed by atoms with Gasteiger partial charge in [0.25, 0.3) is 0 Å². The average molecular weight is 361 g/mol. The van der Waals surface area contributed by atoms with Crippen LogP contribution in [0.4, 0.5) is 4.79 Å². The molecule has 1 heterocycles. The molecular weight excluding hydrogens is 338 g/mol. The summed E-state index contributed by atoms with van der Waals surface area (Å²) in [5.74, 6) is -0.439. The first-order valence-corrected chi connectivity index (χ1v) is 8.42. The number of ether oxygens (including phenoxy) is 3. The van der Waals surface area contributed by atoms with E-state index in [-0.39, 0.29) is 12.3 Å². The van der Waals surface area contributed by atoms with E-state index in [0.29, 0.717) is 32.9 Å². The zero-order valence-electron chi connectivity index (χ0n) is 14.7. The van der Waals surface area contributed by atoms with Crippen LogP contribution < -0.4 is 5.32 Å². The number of rotatable bonds is 10. The summed E-state index contributed by atoms with van der Waals surface area (Å²) in [6, 6.07) is 11.1. The van der Waals surface area contributed by atoms with Gasteiger partial charge in [-0.3, -0.25) is 4.68 Å². The van der Waals surface area contributed by atoms with E-state index in [1.807, 2.05) is 30.3 Å². The predicted molar refractivity (Wildman–Crippen MR) is 93.6 cm³/mol. The topological polar surface area (TPSA) is 91.7 Å². The lowest BCUT2D eigenvalue weighted by Gasteiger charge is -2.08. The lowest BCUT2D eigenvalue weighted by Crippen LogP contribution is -2.28. The third kappa shape index (κ3) is 6.94. The molecule has 0 bridgehead atoms. The molecule has 1 N–H and O–H groups in total. The highest BCUT2D eigenvalue weighted by Gasteiger charge is 2.09. The molecular formula is C18H23N3O5. The Balaban J connectivity index is 1.52. The minimum atomic E-state index is -0.483. The first-order valence-electron chi connectivity index (χ1n) is 8.42. The lowest BCUT2D eigenvalue weighted by molar-refractivity contribution is 0.0517. The monoisotopic (exact) mass is 361 g/mol. The van der Waals surface area contributed by atoms with Crippen molar-refractivity contribution < 1.29 is 23.8 Å². The number of nitrogens with one attached hydrogen (secondary N) is 1. The Kier molecular flexibility index (Phi) is 8.14. The minimum Gasteiger partial charge on any atom is -0.461 e. The van der Waals surface area contributed by atoms with Gasteiger partial charge in [0.15, 0.2) is 5.69 Å². The van der Waals surface area contributed by atoms with E-state index in [4.69, 9.17) is 14.2 Å². The molecule has 1 aromatic carbocycles. The Bertz CT molecular complexity index is 687. The van der Waals surface area contributed by atoms with Crippen LogP contribution in [0.15, 0.2) is 42.6 Å². The third-order valence-electron chi connectivity index (χ3n) is 3.32. The summed E-state index contributed by atoms with van der Waals surface area (Å²) in [7, 11) is 0. The second-order valence-electron chi connectivity index (χ2n) is 5.29. The van der Waals surface area contributed by atoms with Crippen LogP contribution in [0.2, 0.25) is 0 Å². The van der Waals surface area contributed by atoms with Crippen molar-refractivity contribution in [1.82, 2.24) is 15.1 Å². The largest absolute Gasteiger partial charge is 0.461 e. The second kappa shape index (κ2) is 10.9. The Hall–Kier alpha value is -2.87. The van der Waals surface area contributed by atoms with Gasteiger partial charge < -0.3 is 19.5 Å². The van der Waals surface area contributed by atoms with Crippen LogP contribution in [-0.4, -0.2) is 48.2 Å². The van der Waals surface area contributed by atoms with E-state index in [2.05, 4.69) is 10.4 Å². The van der Waals surface area contributed by atoms with Gasteiger partial charge in [-0.1, -0.05) is 30.3 Å². The molecule has 0 unspecified atom stereocenters. The van der Waals surface area contributed by atoms with Gasteiger partial charge in [-0.05, 0) is 18.6 Å². The van der Waals surface area contributed by atoms with Gasteiger partial charge in [-0.25, -0.2) is 9.59 Å². The van der Waals surface area contributed by atoms with Crippen LogP contribution >= 0.6 is 0 Å². The lowest BCUT2D eigenvalue weighted by atomic mass is 10.2. The molecule has 0 spiro atoms. The molecule has 140 valence electrons. The number of carbonyl (C=O) groups is 2. The normalized spacial score (nSPS) is 10.3. The first kappa shape index (κ1) is 19.5. The fraction of sp³-hybridized carbons (Fsp3) is 0.389. The summed E-state index contributed by atoms with van der Waals surface area (Å²) < 4.78 is 17.0. The summed E-state index contributed by atoms with van der Waals surface area (Å²) in [4.78, 5) is 23.0. The summed E-state index contributed by atoms with van der Waals surface area (Å²) in [6.45, 7) is 3.90. The SMILES string of the molecule is CCOC(=O)c1ccn(CCOCCNC(=O)OCc2ccccc2)n1. The third-order valence-corrected chi connectivity index (χ3v) is 3.32. The summed E-state index contributed by atoms with van der Waals surface area (Å²) >= 11 is 0. The average Bonchev–Trinajstić information content (AvgIpc) is 3.13. The van der Waals surface area contributed by atoms with Crippen molar-refractivity contribution in [2.75, 3.05) is 26.4 Å². The molecule has 0 aliphatic carbocycles. The maximum absolute atomic E-state index is 11.5. The zero-order valence-corrected chi connectivity index (χ0v) is 14.7. The van der Waals surface area contributed by atoms with Crippen molar-refractivity contribution in [3.8, 4) is 0 Å². The molecule has 8 nitrogen and oxygen atoms in total. The predicted octanol–water partition coefficient (Wildman–Crippen LogP) is 2.00. The smallest absolute Gasteiger partial charge is 0.407 e. The maximum Gasteiger partial charge on any atom is 0.407 e. The van der Waals surface area contributed by atoms with E-state index >= 15 is 0 Å². The van der Waals surface area contributed by atoms with Crippen LogP contribution in [0, 0.1) is 0 Å². The molecule has 26 heavy (non-hydrogen) atoms. The molecule has 2 aromatic rings. The van der Waals surface area contributed by atoms with E-state index in [0.717, 1.165) is 5.56 Å². The van der Waals surface area contributed by atoms with E-state index in [1.54, 1.807) is 23.9 Å². The molecule has 0 fully saturated rings. The first-order chi connectivity index (χ1) is 12.7. The highest BCUT2D eigenvalue weighted by atomic mass is 16.5. The number of aromatic nitrogens is 2. The van der Waals surface area contributed by atoms with Crippen molar-refractivity contribution in [3.63, 3.8) is 0 Å². The number of benzene rings is 1. The van der Waals surface area contributed by atoms with Crippen molar-refractivity contribution in [2.45, 2.75) is 20.1 Å². The fourth-order valence-corrected chi connectivity index (χ4v) is 2.06. The van der Waals surface area contributed by atoms with Gasteiger partial charge in [-0.15, -0.1) is 0 Å². The van der Waals surface area contributed by atoms with Crippen LogP contribution in [0.3, 0.4) is 0 Å². The Labute approximate surface area is 152 Å². The van der Waals surface area contributed by atoms with E-state index in [1.165, 1.54) is 0 Å². The van der Waals surface area contributed by atoms with E-state index < -0.39 is 12.1 Å². The highest BCUT2D eigenvalue weighted by Crippen LogP contribution is 2.00. The van der Waals surface area contributed by atoms with Crippen LogP contribution in [0.1, 0.15) is 23.0 Å². The Morgan fingerprint density at radius 2 is 1.92 bits per heavy atom. The molecule has 0 radical (unpaired) electrons. The second-order valence-corrected chi connectivity index (χ2v) is 5.29. The quantitative estimate of drug-likeness (QED) is 0.514. The molecule has 0 atom stereocenters. The molecule has 0 saturated heterocycles. The minimum absolute atomic E-state index is 0.232. The summed E-state index contributed by atoms with van der Waals surface area (Å²) in [5, 5.41) is 6.72. The molecule has 0 aliphatic rings. The van der Waals surface area contributed by atoms with Gasteiger partial charge in [0.05, 0.1) is 26.4 Å². The number of hydrogen-bond donors (Lipinski definition) is 1. The Morgan fingerprint density at radius 3 is 2.69 bits per heavy atom. The standard InChI is InChI=1S/C18H23N3O5/c1-2-25-17(22)16-8-10-21(20-16)11-13-24-12-9-19-18(23)26-14-15-6-4-3-5-7-15/h3-8,10H,2,9,11-14H2,1H3,(H,19,23). The van der Waals surface area contributed by atoms with Crippen molar-refractivity contribution in [2.24, 2.45) is 0 Å². The molecule has 8 heteroatoms. The number of alkyl carbamates (subject to hydrolysis) is 1.